The van der Waals surface area contributed by atoms with Gasteiger partial charge in [0.15, 0.2) is 6.29 Å². The number of hydrogen-bond acceptors (Lipinski definition) is 9. The molecule has 0 saturated carbocycles. The number of aliphatic hydroxyl groups is 4. The van der Waals surface area contributed by atoms with Crippen molar-refractivity contribution in [2.45, 2.75) is 37.1 Å². The van der Waals surface area contributed by atoms with Crippen molar-refractivity contribution in [2.24, 2.45) is 0 Å². The number of phenolic OH excluding ortho intramolecular Hbond substituents is 1. The van der Waals surface area contributed by atoms with Crippen LogP contribution in [0.15, 0.2) is 33.5 Å². The van der Waals surface area contributed by atoms with Crippen molar-refractivity contribution in [1.82, 2.24) is 0 Å². The fraction of sp³-hybridized carbons (Fsp3) is 0.471. The number of aliphatic hydroxyl groups excluding tert-OH is 4. The smallest absolute Gasteiger partial charge is 0.336 e. The first-order valence-corrected chi connectivity index (χ1v) is 8.08. The molecule has 1 fully saturated rings. The van der Waals surface area contributed by atoms with E-state index in [1.54, 1.807) is 12.1 Å². The third-order valence-electron chi connectivity index (χ3n) is 4.32. The standard InChI is InChI=1S/C17H20O9/c18-7-12-14(21)15(22)16(23)17(26-12)24-4-3-8-5-9-1-2-13(20)25-11(9)6-10(8)19/h1-2,5-6,12,14-19,21-23H,3-4,7H2/t12-,14-,15+,16-,17-/m1/s1. The molecule has 0 radical (unpaired) electrons. The molecular formula is C17H20O9. The van der Waals surface area contributed by atoms with Crippen LogP contribution in [0.1, 0.15) is 5.56 Å². The molecule has 0 unspecified atom stereocenters. The third kappa shape index (κ3) is 3.73. The molecule has 0 spiro atoms. The van der Waals surface area contributed by atoms with Crippen molar-refractivity contribution >= 4 is 11.0 Å². The summed E-state index contributed by atoms with van der Waals surface area (Å²) < 4.78 is 15.6. The van der Waals surface area contributed by atoms with Crippen molar-refractivity contribution in [2.75, 3.05) is 13.2 Å². The average molecular weight is 368 g/mol. The fourth-order valence-corrected chi connectivity index (χ4v) is 2.84. The second-order valence-electron chi connectivity index (χ2n) is 6.09. The van der Waals surface area contributed by atoms with Crippen molar-refractivity contribution in [1.29, 1.82) is 0 Å². The van der Waals surface area contributed by atoms with E-state index >= 15 is 0 Å². The van der Waals surface area contributed by atoms with E-state index in [0.717, 1.165) is 0 Å². The second kappa shape index (κ2) is 7.70. The van der Waals surface area contributed by atoms with Gasteiger partial charge in [-0.1, -0.05) is 0 Å². The zero-order chi connectivity index (χ0) is 18.8. The van der Waals surface area contributed by atoms with E-state index in [2.05, 4.69) is 0 Å². The van der Waals surface area contributed by atoms with E-state index < -0.39 is 42.9 Å². The van der Waals surface area contributed by atoms with E-state index in [0.29, 0.717) is 10.9 Å². The van der Waals surface area contributed by atoms with Gasteiger partial charge >= 0.3 is 5.63 Å². The van der Waals surface area contributed by atoms with Crippen LogP contribution in [-0.4, -0.2) is 69.5 Å². The lowest BCUT2D eigenvalue weighted by atomic mass is 9.99. The Morgan fingerprint density at radius 2 is 1.85 bits per heavy atom. The highest BCUT2D eigenvalue weighted by Gasteiger charge is 2.43. The Balaban J connectivity index is 1.66. The normalized spacial score (nSPS) is 29.2. The Bertz CT molecular complexity index is 815. The van der Waals surface area contributed by atoms with E-state index in [1.807, 2.05) is 0 Å². The largest absolute Gasteiger partial charge is 0.508 e. The van der Waals surface area contributed by atoms with Gasteiger partial charge in [-0.25, -0.2) is 4.79 Å². The van der Waals surface area contributed by atoms with Gasteiger partial charge in [-0.3, -0.25) is 0 Å². The Morgan fingerprint density at radius 3 is 2.58 bits per heavy atom. The summed E-state index contributed by atoms with van der Waals surface area (Å²) in [5.74, 6) is -0.0794. The van der Waals surface area contributed by atoms with Gasteiger partial charge in [0.2, 0.25) is 0 Å². The molecule has 9 heteroatoms. The Kier molecular flexibility index (Phi) is 5.56. The van der Waals surface area contributed by atoms with Gasteiger partial charge in [0, 0.05) is 17.5 Å². The van der Waals surface area contributed by atoms with Gasteiger partial charge in [-0.2, -0.15) is 0 Å². The van der Waals surface area contributed by atoms with Gasteiger partial charge < -0.3 is 39.4 Å². The number of benzene rings is 1. The van der Waals surface area contributed by atoms with Crippen LogP contribution in [0, 0.1) is 0 Å². The molecule has 5 atom stereocenters. The van der Waals surface area contributed by atoms with Crippen LogP contribution in [0.25, 0.3) is 11.0 Å². The molecule has 0 amide bonds. The van der Waals surface area contributed by atoms with Crippen molar-refractivity contribution in [3.63, 3.8) is 0 Å². The maximum Gasteiger partial charge on any atom is 0.336 e. The van der Waals surface area contributed by atoms with Crippen LogP contribution in [0.5, 0.6) is 5.75 Å². The summed E-state index contributed by atoms with van der Waals surface area (Å²) in [4.78, 5) is 11.2. The minimum Gasteiger partial charge on any atom is -0.508 e. The molecular weight excluding hydrogens is 348 g/mol. The molecule has 9 nitrogen and oxygen atoms in total. The highest BCUT2D eigenvalue weighted by Crippen LogP contribution is 2.26. The quantitative estimate of drug-likeness (QED) is 0.413. The summed E-state index contributed by atoms with van der Waals surface area (Å²) in [6.07, 6.45) is -6.47. The molecule has 1 aromatic heterocycles. The number of phenols is 1. The van der Waals surface area contributed by atoms with Crippen LogP contribution < -0.4 is 5.63 Å². The van der Waals surface area contributed by atoms with Crippen molar-refractivity contribution < 1.29 is 39.4 Å². The lowest BCUT2D eigenvalue weighted by Crippen LogP contribution is -2.59. The summed E-state index contributed by atoms with van der Waals surface area (Å²) in [6, 6.07) is 5.82. The summed E-state index contributed by atoms with van der Waals surface area (Å²) in [6.45, 7) is -0.514. The number of fused-ring (bicyclic) bond motifs is 1. The number of aromatic hydroxyl groups is 1. The maximum absolute atomic E-state index is 11.2. The van der Waals surface area contributed by atoms with E-state index in [4.69, 9.17) is 19.0 Å². The minimum absolute atomic E-state index is 0.0263. The second-order valence-corrected chi connectivity index (χ2v) is 6.09. The van der Waals surface area contributed by atoms with Gasteiger partial charge in [-0.05, 0) is 24.1 Å². The molecule has 0 bridgehead atoms. The number of hydrogen-bond donors (Lipinski definition) is 5. The van der Waals surface area contributed by atoms with Gasteiger partial charge in [0.25, 0.3) is 0 Å². The molecule has 1 aromatic carbocycles. The molecule has 1 aliphatic rings. The van der Waals surface area contributed by atoms with Crippen LogP contribution >= 0.6 is 0 Å². The monoisotopic (exact) mass is 368 g/mol. The van der Waals surface area contributed by atoms with Crippen LogP contribution in [-0.2, 0) is 15.9 Å². The first kappa shape index (κ1) is 18.8. The minimum atomic E-state index is -1.51. The van der Waals surface area contributed by atoms with Crippen LogP contribution in [0.4, 0.5) is 0 Å². The predicted octanol–water partition coefficient (Wildman–Crippen LogP) is -1.14. The zero-order valence-electron chi connectivity index (χ0n) is 13.7. The average Bonchev–Trinajstić information content (AvgIpc) is 2.62. The maximum atomic E-state index is 11.2. The molecule has 26 heavy (non-hydrogen) atoms. The van der Waals surface area contributed by atoms with Gasteiger partial charge in [0.1, 0.15) is 35.7 Å². The molecule has 1 saturated heterocycles. The molecule has 3 rings (SSSR count). The summed E-state index contributed by atoms with van der Waals surface area (Å²) >= 11 is 0. The highest BCUT2D eigenvalue weighted by molar-refractivity contribution is 5.79. The summed E-state index contributed by atoms with van der Waals surface area (Å²) in [7, 11) is 0. The number of ether oxygens (including phenoxy) is 2. The first-order chi connectivity index (χ1) is 12.4. The molecule has 5 N–H and O–H groups in total. The number of rotatable bonds is 5. The Hall–Kier alpha value is -2.01. The summed E-state index contributed by atoms with van der Waals surface area (Å²) in [5, 5.41) is 49.2. The van der Waals surface area contributed by atoms with Gasteiger partial charge in [-0.15, -0.1) is 0 Å². The lowest BCUT2D eigenvalue weighted by molar-refractivity contribution is -0.300. The van der Waals surface area contributed by atoms with E-state index in [1.165, 1.54) is 12.1 Å². The molecule has 142 valence electrons. The van der Waals surface area contributed by atoms with Crippen molar-refractivity contribution in [3.05, 3.63) is 40.2 Å². The zero-order valence-corrected chi connectivity index (χ0v) is 13.7. The summed E-state index contributed by atoms with van der Waals surface area (Å²) in [5.41, 5.74) is 0.264. The fourth-order valence-electron chi connectivity index (χ4n) is 2.84. The molecule has 2 heterocycles. The highest BCUT2D eigenvalue weighted by atomic mass is 16.7. The SMILES string of the molecule is O=c1ccc2cc(CCO[C@@H]3O[C@H](CO)[C@@H](O)[C@H](O)[C@H]3O)c(O)cc2o1. The third-order valence-corrected chi connectivity index (χ3v) is 4.32. The van der Waals surface area contributed by atoms with E-state index in [9.17, 15) is 25.2 Å². The van der Waals surface area contributed by atoms with Gasteiger partial charge in [0.05, 0.1) is 13.2 Å². The Labute approximate surface area is 147 Å². The molecule has 1 aliphatic heterocycles. The van der Waals surface area contributed by atoms with E-state index in [-0.39, 0.29) is 24.4 Å². The molecule has 2 aromatic rings. The lowest BCUT2D eigenvalue weighted by Gasteiger charge is -2.39. The topological polar surface area (TPSA) is 150 Å². The van der Waals surface area contributed by atoms with Crippen LogP contribution in [0.2, 0.25) is 0 Å². The molecule has 0 aliphatic carbocycles. The first-order valence-electron chi connectivity index (χ1n) is 8.08. The Morgan fingerprint density at radius 1 is 1.08 bits per heavy atom. The predicted molar refractivity (Wildman–Crippen MR) is 87.6 cm³/mol. The van der Waals surface area contributed by atoms with Crippen molar-refractivity contribution in [3.8, 4) is 5.75 Å². The van der Waals surface area contributed by atoms with Crippen LogP contribution in [0.3, 0.4) is 0 Å².